The zero-order chi connectivity index (χ0) is 14.0. The molecule has 1 aromatic carbocycles. The van der Waals surface area contributed by atoms with E-state index < -0.39 is 5.97 Å². The first-order chi connectivity index (χ1) is 8.99. The van der Waals surface area contributed by atoms with E-state index in [4.69, 9.17) is 16.7 Å². The Kier molecular flexibility index (Phi) is 3.71. The minimum absolute atomic E-state index is 0.202. The maximum atomic E-state index is 10.9. The van der Waals surface area contributed by atoms with Gasteiger partial charge in [-0.05, 0) is 43.7 Å². The number of carbonyl (C=O) groups is 1. The molecule has 5 heteroatoms. The van der Waals surface area contributed by atoms with Gasteiger partial charge in [0.2, 0.25) is 0 Å². The smallest absolute Gasteiger partial charge is 0.337 e. The molecule has 0 saturated heterocycles. The monoisotopic (exact) mass is 276 g/mol. The van der Waals surface area contributed by atoms with E-state index in [1.807, 2.05) is 25.1 Å². The number of aromatic carboxylic acids is 1. The predicted octanol–water partition coefficient (Wildman–Crippen LogP) is 3.79. The van der Waals surface area contributed by atoms with Gasteiger partial charge in [0.25, 0.3) is 0 Å². The molecule has 0 saturated carbocycles. The lowest BCUT2D eigenvalue weighted by molar-refractivity contribution is 0.0695. The van der Waals surface area contributed by atoms with Gasteiger partial charge in [-0.15, -0.1) is 0 Å². The Bertz CT molecular complexity index is 641. The van der Waals surface area contributed by atoms with E-state index in [9.17, 15) is 4.79 Å². The number of nitrogens with one attached hydrogen (secondary N) is 1. The first-order valence-corrected chi connectivity index (χ1v) is 6.10. The summed E-state index contributed by atoms with van der Waals surface area (Å²) in [4.78, 5) is 15.1. The number of aryl methyl sites for hydroxylation is 1. The average molecular weight is 277 g/mol. The number of hydrogen-bond donors (Lipinski definition) is 2. The van der Waals surface area contributed by atoms with Crippen molar-refractivity contribution in [3.8, 4) is 0 Å². The summed E-state index contributed by atoms with van der Waals surface area (Å²) in [6, 6.07) is 8.72. The van der Waals surface area contributed by atoms with Crippen LogP contribution in [0.15, 0.2) is 30.3 Å². The van der Waals surface area contributed by atoms with E-state index in [0.29, 0.717) is 16.5 Å². The van der Waals surface area contributed by atoms with Crippen molar-refractivity contribution in [2.75, 3.05) is 5.32 Å². The van der Waals surface area contributed by atoms with Crippen LogP contribution in [-0.2, 0) is 0 Å². The Balaban J connectivity index is 2.32. The summed E-state index contributed by atoms with van der Waals surface area (Å²) in [5.74, 6) is -0.386. The third kappa shape index (κ3) is 2.85. The van der Waals surface area contributed by atoms with E-state index in [-0.39, 0.29) is 5.56 Å². The van der Waals surface area contributed by atoms with Gasteiger partial charge in [-0.25, -0.2) is 9.78 Å². The lowest BCUT2D eigenvalue weighted by Crippen LogP contribution is -2.04. The molecule has 0 fully saturated rings. The quantitative estimate of drug-likeness (QED) is 0.895. The van der Waals surface area contributed by atoms with Crippen molar-refractivity contribution in [1.82, 2.24) is 4.98 Å². The van der Waals surface area contributed by atoms with Gasteiger partial charge in [-0.2, -0.15) is 0 Å². The molecule has 1 aromatic heterocycles. The Morgan fingerprint density at radius 3 is 2.63 bits per heavy atom. The second kappa shape index (κ2) is 5.28. The van der Waals surface area contributed by atoms with Gasteiger partial charge < -0.3 is 10.4 Å². The van der Waals surface area contributed by atoms with Crippen LogP contribution in [0.3, 0.4) is 0 Å². The van der Waals surface area contributed by atoms with Crippen LogP contribution in [0.1, 0.15) is 21.6 Å². The zero-order valence-corrected chi connectivity index (χ0v) is 11.3. The Labute approximate surface area is 116 Å². The standard InChI is InChI=1S/C14H13ClN2O2/c1-8-11(15)4-3-5-12(8)17-13-7-6-10(14(18)19)9(2)16-13/h3-7H,1-2H3,(H,16,17)(H,18,19). The third-order valence-electron chi connectivity index (χ3n) is 2.85. The number of anilines is 2. The third-order valence-corrected chi connectivity index (χ3v) is 3.26. The number of carboxylic acid groups (broad SMARTS) is 1. The Morgan fingerprint density at radius 1 is 1.26 bits per heavy atom. The fraction of sp³-hybridized carbons (Fsp3) is 0.143. The fourth-order valence-electron chi connectivity index (χ4n) is 1.74. The number of benzene rings is 1. The van der Waals surface area contributed by atoms with Crippen LogP contribution >= 0.6 is 11.6 Å². The second-order valence-corrected chi connectivity index (χ2v) is 4.58. The molecule has 1 heterocycles. The first kappa shape index (κ1) is 13.4. The topological polar surface area (TPSA) is 62.2 Å². The maximum absolute atomic E-state index is 10.9. The molecule has 0 spiro atoms. The largest absolute Gasteiger partial charge is 0.478 e. The molecule has 0 aliphatic heterocycles. The number of aromatic nitrogens is 1. The average Bonchev–Trinajstić information content (AvgIpc) is 2.34. The van der Waals surface area contributed by atoms with Gasteiger partial charge in [0, 0.05) is 10.7 Å². The van der Waals surface area contributed by atoms with Crippen molar-refractivity contribution >= 4 is 29.1 Å². The van der Waals surface area contributed by atoms with Gasteiger partial charge in [0.1, 0.15) is 5.82 Å². The molecule has 98 valence electrons. The highest BCUT2D eigenvalue weighted by Crippen LogP contribution is 2.25. The van der Waals surface area contributed by atoms with E-state index in [0.717, 1.165) is 11.3 Å². The van der Waals surface area contributed by atoms with Crippen molar-refractivity contribution in [1.29, 1.82) is 0 Å². The summed E-state index contributed by atoms with van der Waals surface area (Å²) in [7, 11) is 0. The normalized spacial score (nSPS) is 10.3. The van der Waals surface area contributed by atoms with Gasteiger partial charge >= 0.3 is 5.97 Å². The van der Waals surface area contributed by atoms with Crippen molar-refractivity contribution in [2.24, 2.45) is 0 Å². The molecule has 0 unspecified atom stereocenters. The molecule has 19 heavy (non-hydrogen) atoms. The van der Waals surface area contributed by atoms with Crippen LogP contribution in [0.2, 0.25) is 5.02 Å². The Morgan fingerprint density at radius 2 is 2.00 bits per heavy atom. The van der Waals surface area contributed by atoms with Crippen molar-refractivity contribution in [3.63, 3.8) is 0 Å². The molecule has 0 radical (unpaired) electrons. The molecule has 0 bridgehead atoms. The van der Waals surface area contributed by atoms with Gasteiger partial charge in [-0.1, -0.05) is 17.7 Å². The summed E-state index contributed by atoms with van der Waals surface area (Å²) in [6.45, 7) is 3.57. The Hall–Kier alpha value is -2.07. The highest BCUT2D eigenvalue weighted by molar-refractivity contribution is 6.31. The van der Waals surface area contributed by atoms with Gasteiger partial charge in [-0.3, -0.25) is 0 Å². The molecule has 0 amide bonds. The lowest BCUT2D eigenvalue weighted by Gasteiger charge is -2.11. The van der Waals surface area contributed by atoms with Crippen LogP contribution in [0, 0.1) is 13.8 Å². The molecule has 0 atom stereocenters. The summed E-state index contributed by atoms with van der Waals surface area (Å²) in [5.41, 5.74) is 2.44. The molecule has 4 nitrogen and oxygen atoms in total. The number of pyridine rings is 1. The summed E-state index contributed by atoms with van der Waals surface area (Å²) in [6.07, 6.45) is 0. The molecule has 0 aliphatic rings. The number of halogens is 1. The first-order valence-electron chi connectivity index (χ1n) is 5.72. The maximum Gasteiger partial charge on any atom is 0.337 e. The van der Waals surface area contributed by atoms with E-state index >= 15 is 0 Å². The summed E-state index contributed by atoms with van der Waals surface area (Å²) >= 11 is 6.04. The number of carboxylic acids is 1. The SMILES string of the molecule is Cc1nc(Nc2cccc(Cl)c2C)ccc1C(=O)O. The highest BCUT2D eigenvalue weighted by Gasteiger charge is 2.09. The van der Waals surface area contributed by atoms with Crippen molar-refractivity contribution < 1.29 is 9.90 Å². The van der Waals surface area contributed by atoms with E-state index in [2.05, 4.69) is 10.3 Å². The zero-order valence-electron chi connectivity index (χ0n) is 10.6. The molecular weight excluding hydrogens is 264 g/mol. The minimum atomic E-state index is -0.976. The lowest BCUT2D eigenvalue weighted by atomic mass is 10.2. The molecule has 2 rings (SSSR count). The molecular formula is C14H13ClN2O2. The fourth-order valence-corrected chi connectivity index (χ4v) is 1.91. The molecule has 2 aromatic rings. The van der Waals surface area contributed by atoms with Crippen LogP contribution in [0.25, 0.3) is 0 Å². The van der Waals surface area contributed by atoms with E-state index in [1.54, 1.807) is 13.0 Å². The summed E-state index contributed by atoms with van der Waals surface area (Å²) in [5, 5.41) is 12.8. The van der Waals surface area contributed by atoms with E-state index in [1.165, 1.54) is 6.07 Å². The number of hydrogen-bond acceptors (Lipinski definition) is 3. The number of nitrogens with zero attached hydrogens (tertiary/aromatic N) is 1. The predicted molar refractivity (Wildman–Crippen MR) is 75.4 cm³/mol. The molecule has 0 aliphatic carbocycles. The van der Waals surface area contributed by atoms with Crippen molar-refractivity contribution in [2.45, 2.75) is 13.8 Å². The minimum Gasteiger partial charge on any atom is -0.478 e. The second-order valence-electron chi connectivity index (χ2n) is 4.17. The van der Waals surface area contributed by atoms with Crippen molar-refractivity contribution in [3.05, 3.63) is 52.2 Å². The van der Waals surface area contributed by atoms with Crippen LogP contribution in [0.5, 0.6) is 0 Å². The van der Waals surface area contributed by atoms with Gasteiger partial charge in [0.15, 0.2) is 0 Å². The van der Waals surface area contributed by atoms with Crippen LogP contribution in [0.4, 0.5) is 11.5 Å². The van der Waals surface area contributed by atoms with Crippen LogP contribution < -0.4 is 5.32 Å². The van der Waals surface area contributed by atoms with Crippen LogP contribution in [-0.4, -0.2) is 16.1 Å². The highest BCUT2D eigenvalue weighted by atomic mass is 35.5. The number of rotatable bonds is 3. The molecule has 2 N–H and O–H groups in total. The summed E-state index contributed by atoms with van der Waals surface area (Å²) < 4.78 is 0. The van der Waals surface area contributed by atoms with Gasteiger partial charge in [0.05, 0.1) is 11.3 Å².